The van der Waals surface area contributed by atoms with Crippen molar-refractivity contribution in [3.8, 4) is 0 Å². The van der Waals surface area contributed by atoms with E-state index >= 15 is 0 Å². The van der Waals surface area contributed by atoms with Crippen LogP contribution >= 0.6 is 0 Å². The van der Waals surface area contributed by atoms with E-state index < -0.39 is 0 Å². The van der Waals surface area contributed by atoms with Crippen LogP contribution in [0.15, 0.2) is 63.8 Å². The Labute approximate surface area is 145 Å². The lowest BCUT2D eigenvalue weighted by molar-refractivity contribution is 0.0725. The van der Waals surface area contributed by atoms with Crippen LogP contribution in [0.25, 0.3) is 11.0 Å². The van der Waals surface area contributed by atoms with Crippen LogP contribution in [0, 0.1) is 0 Å². The van der Waals surface area contributed by atoms with Gasteiger partial charge in [-0.3, -0.25) is 9.59 Å². The Kier molecular flexibility index (Phi) is 3.88. The Morgan fingerprint density at radius 3 is 2.48 bits per heavy atom. The molecule has 0 fully saturated rings. The third-order valence-corrected chi connectivity index (χ3v) is 4.74. The number of hydrogen-bond acceptors (Lipinski definition) is 3. The third-order valence-electron chi connectivity index (χ3n) is 4.74. The number of para-hydroxylation sites is 1. The minimum atomic E-state index is -0.379. The average molecular weight is 333 g/mol. The number of fused-ring (bicyclic) bond motifs is 2. The SMILES string of the molecule is CCCCN1C(=O)c2oc3ccccc3c(=O)c2[C@H]1c1ccccc1. The van der Waals surface area contributed by atoms with Gasteiger partial charge in [-0.15, -0.1) is 0 Å². The molecule has 0 spiro atoms. The van der Waals surface area contributed by atoms with Gasteiger partial charge in [0.05, 0.1) is 17.0 Å². The van der Waals surface area contributed by atoms with E-state index in [0.717, 1.165) is 18.4 Å². The molecule has 4 nitrogen and oxygen atoms in total. The molecular formula is C21H19NO3. The highest BCUT2D eigenvalue weighted by Gasteiger charge is 2.42. The second kappa shape index (κ2) is 6.20. The van der Waals surface area contributed by atoms with Crippen LogP contribution in [0.5, 0.6) is 0 Å². The minimum absolute atomic E-state index is 0.113. The van der Waals surface area contributed by atoms with Crippen molar-refractivity contribution in [1.82, 2.24) is 4.90 Å². The quantitative estimate of drug-likeness (QED) is 0.721. The summed E-state index contributed by atoms with van der Waals surface area (Å²) < 4.78 is 5.87. The number of unbranched alkanes of at least 4 members (excludes halogenated alkanes) is 1. The zero-order chi connectivity index (χ0) is 17.4. The second-order valence-electron chi connectivity index (χ2n) is 6.34. The van der Waals surface area contributed by atoms with Gasteiger partial charge in [0, 0.05) is 6.54 Å². The molecule has 2 aromatic carbocycles. The highest BCUT2D eigenvalue weighted by Crippen LogP contribution is 2.38. The summed E-state index contributed by atoms with van der Waals surface area (Å²) >= 11 is 0. The van der Waals surface area contributed by atoms with Crippen LogP contribution in [-0.2, 0) is 0 Å². The zero-order valence-electron chi connectivity index (χ0n) is 14.1. The number of benzene rings is 2. The highest BCUT2D eigenvalue weighted by atomic mass is 16.3. The van der Waals surface area contributed by atoms with Gasteiger partial charge in [0.15, 0.2) is 5.43 Å². The number of carbonyl (C=O) groups is 1. The maximum absolute atomic E-state index is 13.1. The first-order valence-electron chi connectivity index (χ1n) is 8.64. The van der Waals surface area contributed by atoms with Crippen LogP contribution in [0.2, 0.25) is 0 Å². The molecular weight excluding hydrogens is 314 g/mol. The predicted octanol–water partition coefficient (Wildman–Crippen LogP) is 4.14. The Hall–Kier alpha value is -2.88. The van der Waals surface area contributed by atoms with Crippen LogP contribution in [0.4, 0.5) is 0 Å². The molecule has 0 bridgehead atoms. The maximum atomic E-state index is 13.1. The summed E-state index contributed by atoms with van der Waals surface area (Å²) in [5.41, 5.74) is 1.75. The number of nitrogens with zero attached hydrogens (tertiary/aromatic N) is 1. The molecule has 126 valence electrons. The van der Waals surface area contributed by atoms with Crippen molar-refractivity contribution >= 4 is 16.9 Å². The van der Waals surface area contributed by atoms with Gasteiger partial charge in [-0.2, -0.15) is 0 Å². The van der Waals surface area contributed by atoms with Crippen molar-refractivity contribution in [1.29, 1.82) is 0 Å². The lowest BCUT2D eigenvalue weighted by atomic mass is 9.98. The second-order valence-corrected chi connectivity index (χ2v) is 6.34. The van der Waals surface area contributed by atoms with Crippen LogP contribution < -0.4 is 5.43 Å². The fourth-order valence-corrected chi connectivity index (χ4v) is 3.51. The van der Waals surface area contributed by atoms with Crippen molar-refractivity contribution in [2.24, 2.45) is 0 Å². The summed E-state index contributed by atoms with van der Waals surface area (Å²) in [5.74, 6) is -0.00573. The van der Waals surface area contributed by atoms with Gasteiger partial charge in [0.1, 0.15) is 5.58 Å². The fraction of sp³-hybridized carbons (Fsp3) is 0.238. The molecule has 0 radical (unpaired) electrons. The van der Waals surface area contributed by atoms with Crippen molar-refractivity contribution in [3.05, 3.63) is 81.7 Å². The number of rotatable bonds is 4. The van der Waals surface area contributed by atoms with Crippen molar-refractivity contribution in [2.45, 2.75) is 25.8 Å². The van der Waals surface area contributed by atoms with Crippen LogP contribution in [-0.4, -0.2) is 17.4 Å². The zero-order valence-corrected chi connectivity index (χ0v) is 14.1. The predicted molar refractivity (Wildman–Crippen MR) is 96.7 cm³/mol. The molecule has 0 saturated heterocycles. The lowest BCUT2D eigenvalue weighted by Gasteiger charge is -2.24. The van der Waals surface area contributed by atoms with Crippen molar-refractivity contribution < 1.29 is 9.21 Å². The fourth-order valence-electron chi connectivity index (χ4n) is 3.51. The van der Waals surface area contributed by atoms with E-state index in [1.165, 1.54) is 0 Å². The summed E-state index contributed by atoms with van der Waals surface area (Å²) in [6.45, 7) is 2.69. The standard InChI is InChI=1S/C21H19NO3/c1-2-3-13-22-18(14-9-5-4-6-10-14)17-19(23)15-11-7-8-12-16(15)25-20(17)21(22)24/h4-12,18H,2-3,13H2,1H3/t18-/m1/s1. The van der Waals surface area contributed by atoms with Gasteiger partial charge in [0.2, 0.25) is 5.76 Å². The summed E-state index contributed by atoms with van der Waals surface area (Å²) in [7, 11) is 0. The molecule has 0 saturated carbocycles. The molecule has 3 aromatic rings. The highest BCUT2D eigenvalue weighted by molar-refractivity contribution is 5.99. The average Bonchev–Trinajstić information content (AvgIpc) is 2.93. The first kappa shape index (κ1) is 15.6. The molecule has 1 aromatic heterocycles. The topological polar surface area (TPSA) is 50.5 Å². The van der Waals surface area contributed by atoms with Gasteiger partial charge >= 0.3 is 0 Å². The minimum Gasteiger partial charge on any atom is -0.450 e. The Bertz CT molecular complexity index is 991. The monoisotopic (exact) mass is 333 g/mol. The Balaban J connectivity index is 1.97. The molecule has 25 heavy (non-hydrogen) atoms. The van der Waals surface area contributed by atoms with E-state index in [1.807, 2.05) is 36.4 Å². The first-order valence-corrected chi connectivity index (χ1v) is 8.64. The van der Waals surface area contributed by atoms with E-state index in [-0.39, 0.29) is 23.1 Å². The molecule has 1 aliphatic heterocycles. The lowest BCUT2D eigenvalue weighted by Crippen LogP contribution is -2.30. The third kappa shape index (κ3) is 2.45. The van der Waals surface area contributed by atoms with Crippen LogP contribution in [0.3, 0.4) is 0 Å². The van der Waals surface area contributed by atoms with E-state index in [1.54, 1.807) is 23.1 Å². The van der Waals surface area contributed by atoms with Gasteiger partial charge < -0.3 is 9.32 Å². The van der Waals surface area contributed by atoms with E-state index in [9.17, 15) is 9.59 Å². The Morgan fingerprint density at radius 2 is 1.72 bits per heavy atom. The molecule has 1 amide bonds. The van der Waals surface area contributed by atoms with Gasteiger partial charge in [-0.05, 0) is 24.1 Å². The number of hydrogen-bond donors (Lipinski definition) is 0. The number of amides is 1. The normalized spacial score (nSPS) is 16.4. The number of carbonyl (C=O) groups excluding carboxylic acids is 1. The van der Waals surface area contributed by atoms with Crippen molar-refractivity contribution in [2.75, 3.05) is 6.54 Å². The van der Waals surface area contributed by atoms with Crippen molar-refractivity contribution in [3.63, 3.8) is 0 Å². The molecule has 2 heterocycles. The van der Waals surface area contributed by atoms with E-state index in [2.05, 4.69) is 6.92 Å². The molecule has 1 atom stereocenters. The van der Waals surface area contributed by atoms with Gasteiger partial charge in [0.25, 0.3) is 5.91 Å². The maximum Gasteiger partial charge on any atom is 0.290 e. The van der Waals surface area contributed by atoms with Gasteiger partial charge in [-0.1, -0.05) is 55.8 Å². The largest absolute Gasteiger partial charge is 0.450 e. The molecule has 4 heteroatoms. The molecule has 4 rings (SSSR count). The molecule has 0 unspecified atom stereocenters. The van der Waals surface area contributed by atoms with E-state index in [4.69, 9.17) is 4.42 Å². The summed E-state index contributed by atoms with van der Waals surface area (Å²) in [6.07, 6.45) is 1.86. The molecule has 1 aliphatic rings. The summed E-state index contributed by atoms with van der Waals surface area (Å²) in [4.78, 5) is 27.9. The Morgan fingerprint density at radius 1 is 1.00 bits per heavy atom. The summed E-state index contributed by atoms with van der Waals surface area (Å²) in [5, 5.41) is 0.521. The van der Waals surface area contributed by atoms with Gasteiger partial charge in [-0.25, -0.2) is 0 Å². The summed E-state index contributed by atoms with van der Waals surface area (Å²) in [6, 6.07) is 16.4. The smallest absolute Gasteiger partial charge is 0.290 e. The first-order chi connectivity index (χ1) is 12.2. The van der Waals surface area contributed by atoms with Crippen LogP contribution in [0.1, 0.15) is 47.5 Å². The van der Waals surface area contributed by atoms with E-state index in [0.29, 0.717) is 23.1 Å². The molecule has 0 aliphatic carbocycles. The molecule has 0 N–H and O–H groups in total.